The molecule has 0 rings (SSSR count). The molecule has 0 aromatic carbocycles. The van der Waals surface area contributed by atoms with Gasteiger partial charge in [0.1, 0.15) is 0 Å². The van der Waals surface area contributed by atoms with Crippen LogP contribution in [0.1, 0.15) is 32.1 Å². The number of halogens is 3. The molecule has 0 aromatic rings. The number of alkyl halides is 3. The highest BCUT2D eigenvalue weighted by Crippen LogP contribution is 2.32. The molecule has 0 radical (unpaired) electrons. The second-order valence-corrected chi connectivity index (χ2v) is 5.21. The SMILES string of the molecule is OC(O)CCCCCC(Cl)(Cl)Cl. The van der Waals surface area contributed by atoms with Crippen molar-refractivity contribution in [1.82, 2.24) is 0 Å². The minimum Gasteiger partial charge on any atom is -0.368 e. The standard InChI is InChI=1S/C7H13Cl3O2/c8-7(9,10)5-3-1-2-4-6(11)12/h6,11-12H,1-5H2. The van der Waals surface area contributed by atoms with E-state index in [1.165, 1.54) is 0 Å². The Bertz CT molecular complexity index is 112. The first-order valence-corrected chi connectivity index (χ1v) is 4.98. The Morgan fingerprint density at radius 2 is 1.58 bits per heavy atom. The quantitative estimate of drug-likeness (QED) is 0.437. The van der Waals surface area contributed by atoms with Gasteiger partial charge in [0.2, 0.25) is 0 Å². The molecule has 0 spiro atoms. The number of hydrogen-bond acceptors (Lipinski definition) is 2. The molecule has 0 aliphatic carbocycles. The first-order valence-electron chi connectivity index (χ1n) is 3.85. The van der Waals surface area contributed by atoms with Crippen molar-refractivity contribution >= 4 is 34.8 Å². The van der Waals surface area contributed by atoms with Crippen LogP contribution >= 0.6 is 34.8 Å². The Labute approximate surface area is 87.4 Å². The third kappa shape index (κ3) is 10.8. The second kappa shape index (κ2) is 6.28. The molecule has 0 unspecified atom stereocenters. The fourth-order valence-electron chi connectivity index (χ4n) is 0.829. The van der Waals surface area contributed by atoms with Crippen molar-refractivity contribution in [3.8, 4) is 0 Å². The van der Waals surface area contributed by atoms with Gasteiger partial charge in [0.05, 0.1) is 0 Å². The number of hydrogen-bond donors (Lipinski definition) is 2. The smallest absolute Gasteiger partial charge is 0.190 e. The lowest BCUT2D eigenvalue weighted by molar-refractivity contribution is -0.0465. The van der Waals surface area contributed by atoms with Gasteiger partial charge in [-0.1, -0.05) is 41.2 Å². The van der Waals surface area contributed by atoms with Crippen LogP contribution in [-0.4, -0.2) is 20.3 Å². The fraction of sp³-hybridized carbons (Fsp3) is 1.00. The average molecular weight is 236 g/mol. The molecule has 0 aromatic heterocycles. The Hall–Kier alpha value is 0.790. The van der Waals surface area contributed by atoms with Gasteiger partial charge in [-0.2, -0.15) is 0 Å². The Morgan fingerprint density at radius 3 is 2.00 bits per heavy atom. The van der Waals surface area contributed by atoms with Crippen LogP contribution in [0.5, 0.6) is 0 Å². The van der Waals surface area contributed by atoms with Crippen LogP contribution in [0.2, 0.25) is 0 Å². The highest BCUT2D eigenvalue weighted by molar-refractivity contribution is 6.67. The zero-order valence-electron chi connectivity index (χ0n) is 6.64. The lowest BCUT2D eigenvalue weighted by Crippen LogP contribution is -2.04. The number of aliphatic hydroxyl groups excluding tert-OH is 1. The second-order valence-electron chi connectivity index (χ2n) is 2.70. The van der Waals surface area contributed by atoms with Crippen molar-refractivity contribution in [2.45, 2.75) is 42.2 Å². The number of unbranched alkanes of at least 4 members (excludes halogenated alkanes) is 2. The summed E-state index contributed by atoms with van der Waals surface area (Å²) in [6.45, 7) is 0. The van der Waals surface area contributed by atoms with Crippen molar-refractivity contribution in [3.05, 3.63) is 0 Å². The summed E-state index contributed by atoms with van der Waals surface area (Å²) in [6.07, 6.45) is 2.09. The number of rotatable bonds is 5. The zero-order valence-corrected chi connectivity index (χ0v) is 8.91. The van der Waals surface area contributed by atoms with Crippen LogP contribution in [-0.2, 0) is 0 Å². The maximum Gasteiger partial charge on any atom is 0.190 e. The molecule has 0 aliphatic heterocycles. The summed E-state index contributed by atoms with van der Waals surface area (Å²) in [5, 5.41) is 17.0. The van der Waals surface area contributed by atoms with Crippen LogP contribution in [0.4, 0.5) is 0 Å². The normalized spacial score (nSPS) is 12.5. The molecule has 0 heterocycles. The van der Waals surface area contributed by atoms with E-state index in [2.05, 4.69) is 0 Å². The van der Waals surface area contributed by atoms with E-state index in [0.717, 1.165) is 19.3 Å². The molecule has 12 heavy (non-hydrogen) atoms. The summed E-state index contributed by atoms with van der Waals surface area (Å²) in [4.78, 5) is 0. The van der Waals surface area contributed by atoms with Crippen molar-refractivity contribution in [2.75, 3.05) is 0 Å². The van der Waals surface area contributed by atoms with Gasteiger partial charge >= 0.3 is 0 Å². The molecule has 0 atom stereocenters. The van der Waals surface area contributed by atoms with Crippen molar-refractivity contribution in [2.24, 2.45) is 0 Å². The first-order chi connectivity index (χ1) is 5.42. The largest absolute Gasteiger partial charge is 0.368 e. The van der Waals surface area contributed by atoms with Crippen LogP contribution in [0, 0.1) is 0 Å². The molecular weight excluding hydrogens is 222 g/mol. The molecule has 5 heteroatoms. The summed E-state index contributed by atoms with van der Waals surface area (Å²) < 4.78 is -1.17. The summed E-state index contributed by atoms with van der Waals surface area (Å²) >= 11 is 16.5. The molecule has 0 bridgehead atoms. The first kappa shape index (κ1) is 12.8. The molecule has 2 nitrogen and oxygen atoms in total. The molecule has 74 valence electrons. The van der Waals surface area contributed by atoms with Crippen LogP contribution in [0.25, 0.3) is 0 Å². The lowest BCUT2D eigenvalue weighted by Gasteiger charge is -2.09. The number of aliphatic hydroxyl groups is 2. The molecule has 0 aliphatic rings. The van der Waals surface area contributed by atoms with Gasteiger partial charge in [-0.15, -0.1) is 0 Å². The lowest BCUT2D eigenvalue weighted by atomic mass is 10.1. The van der Waals surface area contributed by atoms with Gasteiger partial charge < -0.3 is 10.2 Å². The molecule has 0 saturated carbocycles. The van der Waals surface area contributed by atoms with Gasteiger partial charge in [-0.05, 0) is 25.7 Å². The van der Waals surface area contributed by atoms with E-state index in [9.17, 15) is 0 Å². The summed E-state index contributed by atoms with van der Waals surface area (Å²) in [6, 6.07) is 0. The maximum absolute atomic E-state index is 8.49. The Kier molecular flexibility index (Phi) is 6.69. The topological polar surface area (TPSA) is 40.5 Å². The predicted octanol–water partition coefficient (Wildman–Crippen LogP) is 2.62. The van der Waals surface area contributed by atoms with E-state index in [0.29, 0.717) is 12.8 Å². The molecule has 0 amide bonds. The third-order valence-corrected chi connectivity index (χ3v) is 1.99. The van der Waals surface area contributed by atoms with Crippen LogP contribution in [0.15, 0.2) is 0 Å². The molecule has 0 saturated heterocycles. The van der Waals surface area contributed by atoms with E-state index in [4.69, 9.17) is 45.0 Å². The van der Waals surface area contributed by atoms with Crippen LogP contribution < -0.4 is 0 Å². The van der Waals surface area contributed by atoms with E-state index < -0.39 is 10.1 Å². The third-order valence-electron chi connectivity index (χ3n) is 1.42. The van der Waals surface area contributed by atoms with Crippen molar-refractivity contribution < 1.29 is 10.2 Å². The van der Waals surface area contributed by atoms with E-state index in [1.54, 1.807) is 0 Å². The highest BCUT2D eigenvalue weighted by Gasteiger charge is 2.17. The Morgan fingerprint density at radius 1 is 1.00 bits per heavy atom. The van der Waals surface area contributed by atoms with E-state index in [-0.39, 0.29) is 0 Å². The van der Waals surface area contributed by atoms with Gasteiger partial charge in [0, 0.05) is 0 Å². The molecular formula is C7H13Cl3O2. The molecule has 0 fully saturated rings. The average Bonchev–Trinajstić information content (AvgIpc) is 1.83. The van der Waals surface area contributed by atoms with E-state index in [1.807, 2.05) is 0 Å². The predicted molar refractivity (Wildman–Crippen MR) is 51.6 cm³/mol. The minimum absolute atomic E-state index is 0.389. The highest BCUT2D eigenvalue weighted by atomic mass is 35.6. The molecule has 2 N–H and O–H groups in total. The monoisotopic (exact) mass is 234 g/mol. The Balaban J connectivity index is 3.12. The van der Waals surface area contributed by atoms with Gasteiger partial charge in [0.15, 0.2) is 10.1 Å². The fourth-order valence-corrected chi connectivity index (χ4v) is 1.23. The van der Waals surface area contributed by atoms with Crippen LogP contribution in [0.3, 0.4) is 0 Å². The van der Waals surface area contributed by atoms with Gasteiger partial charge in [-0.25, -0.2) is 0 Å². The minimum atomic E-state index is -1.21. The van der Waals surface area contributed by atoms with Gasteiger partial charge in [-0.3, -0.25) is 0 Å². The summed E-state index contributed by atoms with van der Waals surface area (Å²) in [5.41, 5.74) is 0. The van der Waals surface area contributed by atoms with Crippen molar-refractivity contribution in [3.63, 3.8) is 0 Å². The summed E-state index contributed by atoms with van der Waals surface area (Å²) in [7, 11) is 0. The van der Waals surface area contributed by atoms with Crippen molar-refractivity contribution in [1.29, 1.82) is 0 Å². The van der Waals surface area contributed by atoms with E-state index >= 15 is 0 Å². The maximum atomic E-state index is 8.49. The summed E-state index contributed by atoms with van der Waals surface area (Å²) in [5.74, 6) is 0. The zero-order chi connectivity index (χ0) is 9.61. The van der Waals surface area contributed by atoms with Gasteiger partial charge in [0.25, 0.3) is 0 Å².